The van der Waals surface area contributed by atoms with Gasteiger partial charge in [-0.15, -0.1) is 0 Å². The minimum absolute atomic E-state index is 0.602. The average Bonchev–Trinajstić information content (AvgIpc) is 2.57. The van der Waals surface area contributed by atoms with Crippen molar-refractivity contribution in [1.82, 2.24) is 10.3 Å². The third kappa shape index (κ3) is 2.27. The summed E-state index contributed by atoms with van der Waals surface area (Å²) in [5.41, 5.74) is 7.57. The number of aromatic nitrogens is 1. The van der Waals surface area contributed by atoms with Gasteiger partial charge in [-0.3, -0.25) is 0 Å². The molecule has 0 radical (unpaired) electrons. The maximum Gasteiger partial charge on any atom is 0.181 e. The van der Waals surface area contributed by atoms with Crippen molar-refractivity contribution in [3.05, 3.63) is 23.8 Å². The Morgan fingerprint density at radius 3 is 3.20 bits per heavy atom. The first-order valence-corrected chi connectivity index (χ1v) is 5.41. The number of hydrogen-bond donors (Lipinski definition) is 2. The van der Waals surface area contributed by atoms with Gasteiger partial charge < -0.3 is 11.1 Å². The van der Waals surface area contributed by atoms with E-state index < -0.39 is 0 Å². The highest BCUT2D eigenvalue weighted by molar-refractivity contribution is 7.22. The van der Waals surface area contributed by atoms with Crippen LogP contribution in [0.3, 0.4) is 0 Å². The van der Waals surface area contributed by atoms with Crippen LogP contribution in [0.25, 0.3) is 10.2 Å². The number of nitrogens with one attached hydrogen (secondary N) is 1. The van der Waals surface area contributed by atoms with Crippen LogP contribution in [0.5, 0.6) is 0 Å². The summed E-state index contributed by atoms with van der Waals surface area (Å²) < 4.78 is 1.09. The Balaban J connectivity index is 2.35. The molecule has 0 unspecified atom stereocenters. The lowest BCUT2D eigenvalue weighted by atomic mass is 10.2. The van der Waals surface area contributed by atoms with Gasteiger partial charge in [-0.05, 0) is 25.2 Å². The van der Waals surface area contributed by atoms with E-state index in [0.29, 0.717) is 11.7 Å². The Morgan fingerprint density at radius 1 is 1.53 bits per heavy atom. The van der Waals surface area contributed by atoms with Crippen LogP contribution in [0, 0.1) is 11.8 Å². The summed E-state index contributed by atoms with van der Waals surface area (Å²) in [6.45, 7) is 0.697. The van der Waals surface area contributed by atoms with Gasteiger partial charge in [-0.1, -0.05) is 23.2 Å². The molecule has 0 spiro atoms. The lowest BCUT2D eigenvalue weighted by Crippen LogP contribution is -2.04. The number of rotatable bonds is 1. The molecule has 0 fully saturated rings. The largest absolute Gasteiger partial charge is 0.375 e. The van der Waals surface area contributed by atoms with Crippen molar-refractivity contribution in [3.8, 4) is 11.8 Å². The van der Waals surface area contributed by atoms with Gasteiger partial charge in [0.15, 0.2) is 5.13 Å². The van der Waals surface area contributed by atoms with Crippen molar-refractivity contribution < 1.29 is 0 Å². The molecule has 3 nitrogen and oxygen atoms in total. The third-order valence-electron chi connectivity index (χ3n) is 1.90. The zero-order valence-electron chi connectivity index (χ0n) is 8.37. The lowest BCUT2D eigenvalue weighted by Gasteiger charge is -1.90. The molecule has 15 heavy (non-hydrogen) atoms. The zero-order valence-corrected chi connectivity index (χ0v) is 9.19. The molecule has 0 aliphatic rings. The molecule has 1 aromatic heterocycles. The second kappa shape index (κ2) is 4.30. The van der Waals surface area contributed by atoms with E-state index in [9.17, 15) is 0 Å². The number of hydrogen-bond acceptors (Lipinski definition) is 4. The molecule has 1 aromatic carbocycles. The Bertz CT molecular complexity index is 533. The topological polar surface area (TPSA) is 50.9 Å². The van der Waals surface area contributed by atoms with Crippen molar-refractivity contribution in [2.75, 3.05) is 19.3 Å². The fourth-order valence-electron chi connectivity index (χ4n) is 1.25. The molecule has 0 bridgehead atoms. The maximum atomic E-state index is 5.62. The Hall–Kier alpha value is -1.57. The van der Waals surface area contributed by atoms with E-state index in [1.807, 2.05) is 25.2 Å². The molecule has 0 saturated carbocycles. The second-order valence-corrected chi connectivity index (χ2v) is 4.13. The first kappa shape index (κ1) is 9.97. The van der Waals surface area contributed by atoms with Gasteiger partial charge >= 0.3 is 0 Å². The number of thiazole rings is 1. The van der Waals surface area contributed by atoms with Gasteiger partial charge in [0, 0.05) is 5.56 Å². The Labute approximate surface area is 92.3 Å². The number of benzene rings is 1. The van der Waals surface area contributed by atoms with E-state index in [1.165, 1.54) is 11.3 Å². The Kier molecular flexibility index (Phi) is 2.86. The van der Waals surface area contributed by atoms with Crippen LogP contribution in [0.4, 0.5) is 5.13 Å². The summed E-state index contributed by atoms with van der Waals surface area (Å²) >= 11 is 1.49. The molecule has 0 atom stereocenters. The number of nitrogens with two attached hydrogens (primary N) is 1. The van der Waals surface area contributed by atoms with E-state index >= 15 is 0 Å². The van der Waals surface area contributed by atoms with E-state index in [2.05, 4.69) is 22.1 Å². The van der Waals surface area contributed by atoms with Crippen molar-refractivity contribution in [2.45, 2.75) is 0 Å². The van der Waals surface area contributed by atoms with Crippen LogP contribution < -0.4 is 11.1 Å². The normalized spacial score (nSPS) is 9.93. The summed E-state index contributed by atoms with van der Waals surface area (Å²) in [7, 11) is 1.88. The van der Waals surface area contributed by atoms with Crippen molar-refractivity contribution >= 4 is 26.7 Å². The summed E-state index contributed by atoms with van der Waals surface area (Å²) in [5.74, 6) is 6.09. The van der Waals surface area contributed by atoms with Crippen LogP contribution in [0.2, 0.25) is 0 Å². The first-order valence-electron chi connectivity index (χ1n) is 4.59. The smallest absolute Gasteiger partial charge is 0.181 e. The number of nitrogens with zero attached hydrogens (tertiary/aromatic N) is 1. The summed E-state index contributed by atoms with van der Waals surface area (Å²) in [6.07, 6.45) is 0. The minimum atomic E-state index is 0.602. The van der Waals surface area contributed by atoms with Crippen LogP contribution in [-0.4, -0.2) is 18.6 Å². The van der Waals surface area contributed by atoms with Crippen LogP contribution in [-0.2, 0) is 0 Å². The summed E-state index contributed by atoms with van der Waals surface area (Å²) in [6, 6.07) is 5.93. The highest BCUT2D eigenvalue weighted by Crippen LogP contribution is 2.24. The Morgan fingerprint density at radius 2 is 2.40 bits per heavy atom. The highest BCUT2D eigenvalue weighted by atomic mass is 32.1. The van der Waals surface area contributed by atoms with E-state index in [4.69, 9.17) is 5.73 Å². The van der Waals surface area contributed by atoms with Gasteiger partial charge in [-0.25, -0.2) is 4.98 Å². The van der Waals surface area contributed by atoms with Crippen LogP contribution in [0.15, 0.2) is 18.2 Å². The highest BCUT2D eigenvalue weighted by Gasteiger charge is 2.00. The average molecular weight is 217 g/mol. The van der Waals surface area contributed by atoms with Crippen LogP contribution >= 0.6 is 11.3 Å². The molecule has 3 N–H and O–H groups in total. The van der Waals surface area contributed by atoms with Gasteiger partial charge in [0.2, 0.25) is 0 Å². The molecular weight excluding hydrogens is 206 g/mol. The predicted octanol–water partition coefficient (Wildman–Crippen LogP) is 1.45. The maximum absolute atomic E-state index is 5.62. The standard InChI is InChI=1S/C11H11N3S/c1-13-6-2-3-8-4-5-9-10(7-8)15-11(12)14-9/h4-5,7,13H,6H2,1H3,(H2,12,14). The molecule has 1 heterocycles. The summed E-state index contributed by atoms with van der Waals surface area (Å²) in [5, 5.41) is 3.58. The van der Waals surface area contributed by atoms with E-state index in [0.717, 1.165) is 15.8 Å². The van der Waals surface area contributed by atoms with Crippen molar-refractivity contribution in [1.29, 1.82) is 0 Å². The van der Waals surface area contributed by atoms with Crippen molar-refractivity contribution in [2.24, 2.45) is 0 Å². The van der Waals surface area contributed by atoms with E-state index in [-0.39, 0.29) is 0 Å². The van der Waals surface area contributed by atoms with Gasteiger partial charge in [0.25, 0.3) is 0 Å². The predicted molar refractivity (Wildman–Crippen MR) is 64.8 cm³/mol. The van der Waals surface area contributed by atoms with E-state index in [1.54, 1.807) is 0 Å². The fourth-order valence-corrected chi connectivity index (χ4v) is 2.03. The third-order valence-corrected chi connectivity index (χ3v) is 2.75. The molecule has 0 aliphatic carbocycles. The molecule has 2 rings (SSSR count). The van der Waals surface area contributed by atoms with Gasteiger partial charge in [-0.2, -0.15) is 0 Å². The monoisotopic (exact) mass is 217 g/mol. The quantitative estimate of drug-likeness (QED) is 0.711. The molecule has 2 aromatic rings. The summed E-state index contributed by atoms with van der Waals surface area (Å²) in [4.78, 5) is 4.19. The SMILES string of the molecule is CNCC#Cc1ccc2nc(N)sc2c1. The molecule has 76 valence electrons. The lowest BCUT2D eigenvalue weighted by molar-refractivity contribution is 0.938. The molecular formula is C11H11N3S. The van der Waals surface area contributed by atoms with Crippen LogP contribution in [0.1, 0.15) is 5.56 Å². The first-order chi connectivity index (χ1) is 7.29. The second-order valence-electron chi connectivity index (χ2n) is 3.07. The molecule has 0 aliphatic heterocycles. The number of fused-ring (bicyclic) bond motifs is 1. The fraction of sp³-hybridized carbons (Fsp3) is 0.182. The van der Waals surface area contributed by atoms with Crippen molar-refractivity contribution in [3.63, 3.8) is 0 Å². The zero-order chi connectivity index (χ0) is 10.7. The molecule has 0 amide bonds. The van der Waals surface area contributed by atoms with Gasteiger partial charge in [0.05, 0.1) is 16.8 Å². The minimum Gasteiger partial charge on any atom is -0.375 e. The molecule has 4 heteroatoms. The molecule has 0 saturated heterocycles. The number of anilines is 1. The number of nitrogen functional groups attached to an aromatic ring is 1. The van der Waals surface area contributed by atoms with Gasteiger partial charge in [0.1, 0.15) is 0 Å².